The van der Waals surface area contributed by atoms with Gasteiger partial charge in [0.2, 0.25) is 5.91 Å². The predicted octanol–water partition coefficient (Wildman–Crippen LogP) is 2.68. The fourth-order valence-corrected chi connectivity index (χ4v) is 5.06. The monoisotopic (exact) mass is 399 g/mol. The third-order valence-electron chi connectivity index (χ3n) is 6.89. The molecule has 2 atom stereocenters. The Balaban J connectivity index is 1.23. The minimum absolute atomic E-state index is 0.0288. The van der Waals surface area contributed by atoms with Crippen molar-refractivity contribution in [3.8, 4) is 11.5 Å². The van der Waals surface area contributed by atoms with Crippen molar-refractivity contribution in [2.45, 2.75) is 62.8 Å². The van der Waals surface area contributed by atoms with Crippen LogP contribution in [0.5, 0.6) is 11.5 Å². The molecule has 0 bridgehead atoms. The van der Waals surface area contributed by atoms with Gasteiger partial charge in [-0.15, -0.1) is 0 Å². The van der Waals surface area contributed by atoms with Gasteiger partial charge in [0.15, 0.2) is 0 Å². The lowest BCUT2D eigenvalue weighted by molar-refractivity contribution is -0.141. The fraction of sp³-hybridized carbons (Fsp3) is 0.619. The topological polar surface area (TPSA) is 96.3 Å². The van der Waals surface area contributed by atoms with Gasteiger partial charge in [-0.1, -0.05) is 25.3 Å². The first-order valence-electron chi connectivity index (χ1n) is 10.7. The second kappa shape index (κ2) is 7.24. The predicted molar refractivity (Wildman–Crippen MR) is 105 cm³/mol. The lowest BCUT2D eigenvalue weighted by Gasteiger charge is -2.40. The molecule has 4 aliphatic rings. The summed E-state index contributed by atoms with van der Waals surface area (Å²) in [7, 11) is -0.961. The summed E-state index contributed by atoms with van der Waals surface area (Å²) < 4.78 is 11.5. The molecule has 1 aromatic rings. The van der Waals surface area contributed by atoms with Crippen LogP contribution in [-0.2, 0) is 4.79 Å². The van der Waals surface area contributed by atoms with Gasteiger partial charge in [-0.2, -0.15) is 0 Å². The molecule has 154 valence electrons. The number of likely N-dealkylation sites (tertiary alicyclic amines) is 1. The van der Waals surface area contributed by atoms with Crippen molar-refractivity contribution < 1.29 is 29.1 Å². The molecule has 2 N–H and O–H groups in total. The van der Waals surface area contributed by atoms with E-state index in [2.05, 4.69) is 0 Å². The van der Waals surface area contributed by atoms with Crippen molar-refractivity contribution in [2.75, 3.05) is 13.1 Å². The molecule has 2 aliphatic carbocycles. The smallest absolute Gasteiger partial charge is 0.526 e. The van der Waals surface area contributed by atoms with E-state index in [-0.39, 0.29) is 40.8 Å². The molecule has 5 rings (SSSR count). The Bertz CT molecular complexity index is 833. The van der Waals surface area contributed by atoms with Crippen molar-refractivity contribution in [1.29, 1.82) is 0 Å². The molecule has 2 heterocycles. The van der Waals surface area contributed by atoms with E-state index in [1.54, 1.807) is 11.0 Å². The van der Waals surface area contributed by atoms with Crippen LogP contribution in [0.1, 0.15) is 66.8 Å². The van der Waals surface area contributed by atoms with Gasteiger partial charge in [0.25, 0.3) is 0 Å². The summed E-state index contributed by atoms with van der Waals surface area (Å²) in [4.78, 5) is 26.2. The average Bonchev–Trinajstić information content (AvgIpc) is 3.46. The van der Waals surface area contributed by atoms with Crippen LogP contribution in [0, 0.1) is 5.92 Å². The fourth-order valence-electron chi connectivity index (χ4n) is 5.06. The quantitative estimate of drug-likeness (QED) is 0.740. The van der Waals surface area contributed by atoms with E-state index in [9.17, 15) is 19.7 Å². The molecule has 1 aromatic carbocycles. The third-order valence-corrected chi connectivity index (χ3v) is 6.89. The highest BCUT2D eigenvalue weighted by Crippen LogP contribution is 2.60. The molecular formula is C21H26BNO6. The van der Waals surface area contributed by atoms with Crippen molar-refractivity contribution in [3.05, 3.63) is 23.3 Å². The molecule has 7 nitrogen and oxygen atoms in total. The Morgan fingerprint density at radius 1 is 1.21 bits per heavy atom. The number of amides is 1. The molecule has 2 saturated carbocycles. The Morgan fingerprint density at radius 2 is 1.97 bits per heavy atom. The molecular weight excluding hydrogens is 373 g/mol. The van der Waals surface area contributed by atoms with Crippen LogP contribution in [0.4, 0.5) is 0 Å². The van der Waals surface area contributed by atoms with Gasteiger partial charge < -0.3 is 24.4 Å². The highest BCUT2D eigenvalue weighted by molar-refractivity contribution is 6.48. The van der Waals surface area contributed by atoms with Crippen molar-refractivity contribution >= 4 is 19.0 Å². The number of fused-ring (bicyclic) bond motifs is 3. The lowest BCUT2D eigenvalue weighted by Crippen LogP contribution is -2.56. The van der Waals surface area contributed by atoms with E-state index in [0.29, 0.717) is 25.4 Å². The first-order chi connectivity index (χ1) is 14.0. The van der Waals surface area contributed by atoms with Crippen molar-refractivity contribution in [2.24, 2.45) is 5.92 Å². The number of benzene rings is 1. The summed E-state index contributed by atoms with van der Waals surface area (Å²) in [5, 5.41) is 19.8. The lowest BCUT2D eigenvalue weighted by atomic mass is 9.77. The largest absolute Gasteiger partial charge is 0.535 e. The minimum atomic E-state index is -1.13. The van der Waals surface area contributed by atoms with E-state index >= 15 is 0 Å². The summed E-state index contributed by atoms with van der Waals surface area (Å²) in [6.07, 6.45) is 7.21. The van der Waals surface area contributed by atoms with E-state index in [1.165, 1.54) is 19.3 Å². The minimum Gasteiger partial charge on any atom is -0.535 e. The van der Waals surface area contributed by atoms with E-state index < -0.39 is 13.1 Å². The molecule has 3 fully saturated rings. The molecule has 1 amide bonds. The maximum atomic E-state index is 12.5. The first kappa shape index (κ1) is 18.8. The van der Waals surface area contributed by atoms with Gasteiger partial charge in [0, 0.05) is 12.2 Å². The number of carbonyl (C=O) groups excluding carboxylic acids is 1. The van der Waals surface area contributed by atoms with Crippen LogP contribution >= 0.6 is 0 Å². The number of nitrogens with zero attached hydrogens (tertiary/aromatic N) is 1. The summed E-state index contributed by atoms with van der Waals surface area (Å²) in [5.74, 6) is 0.242. The van der Waals surface area contributed by atoms with E-state index in [4.69, 9.17) is 9.39 Å². The number of carboxylic acid groups (broad SMARTS) is 1. The molecule has 0 aromatic heterocycles. The number of carbonyl (C=O) groups is 2. The maximum Gasteiger partial charge on any atom is 0.526 e. The normalized spacial score (nSPS) is 26.1. The standard InChI is InChI=1S/C21H26BNO6/c24-18(8-12-4-2-1-3-5-12)23-10-13(11-23)28-17-7-6-14-15-9-16(15)22(27)29-20(14)19(17)21(25)26/h6-7,12-13,15-16,27H,1-5,8-11H2,(H,25,26)/t15-,16-/m0/s1. The second-order valence-corrected chi connectivity index (χ2v) is 8.92. The summed E-state index contributed by atoms with van der Waals surface area (Å²) in [6, 6.07) is 3.53. The zero-order chi connectivity index (χ0) is 20.1. The number of hydrogen-bond donors (Lipinski definition) is 2. The van der Waals surface area contributed by atoms with E-state index in [1.807, 2.05) is 6.07 Å². The van der Waals surface area contributed by atoms with Crippen LogP contribution in [-0.4, -0.2) is 53.2 Å². The number of ether oxygens (including phenoxy) is 1. The summed E-state index contributed by atoms with van der Waals surface area (Å²) in [6.45, 7) is 0.964. The SMILES string of the molecule is O=C(O)c1c(OC2CN(C(=O)CC3CCCCC3)C2)ccc2c1OB(O)[C@H]1C[C@@H]21. The van der Waals surface area contributed by atoms with Crippen molar-refractivity contribution in [1.82, 2.24) is 4.90 Å². The van der Waals surface area contributed by atoms with E-state index in [0.717, 1.165) is 24.8 Å². The molecule has 0 radical (unpaired) electrons. The molecule has 8 heteroatoms. The summed E-state index contributed by atoms with van der Waals surface area (Å²) in [5.41, 5.74) is 0.807. The molecule has 1 saturated heterocycles. The second-order valence-electron chi connectivity index (χ2n) is 8.92. The van der Waals surface area contributed by atoms with Crippen LogP contribution in [0.25, 0.3) is 0 Å². The molecule has 0 spiro atoms. The number of carboxylic acids is 1. The van der Waals surface area contributed by atoms with Crippen LogP contribution in [0.3, 0.4) is 0 Å². The summed E-state index contributed by atoms with van der Waals surface area (Å²) >= 11 is 0. The van der Waals surface area contributed by atoms with Crippen LogP contribution in [0.15, 0.2) is 12.1 Å². The molecule has 29 heavy (non-hydrogen) atoms. The Morgan fingerprint density at radius 3 is 2.69 bits per heavy atom. The number of aromatic carboxylic acids is 1. The van der Waals surface area contributed by atoms with Crippen LogP contribution < -0.4 is 9.39 Å². The van der Waals surface area contributed by atoms with Gasteiger partial charge in [-0.05, 0) is 42.7 Å². The van der Waals surface area contributed by atoms with Gasteiger partial charge in [-0.3, -0.25) is 4.79 Å². The molecule has 2 aliphatic heterocycles. The Kier molecular flexibility index (Phi) is 4.69. The Labute approximate surface area is 170 Å². The Hall–Kier alpha value is -2.22. The number of rotatable bonds is 5. The van der Waals surface area contributed by atoms with Gasteiger partial charge in [0.1, 0.15) is 23.2 Å². The molecule has 0 unspecified atom stereocenters. The first-order valence-corrected chi connectivity index (χ1v) is 10.7. The third kappa shape index (κ3) is 3.48. The van der Waals surface area contributed by atoms with Gasteiger partial charge in [-0.25, -0.2) is 4.79 Å². The average molecular weight is 399 g/mol. The highest BCUT2D eigenvalue weighted by Gasteiger charge is 2.54. The van der Waals surface area contributed by atoms with Crippen molar-refractivity contribution in [3.63, 3.8) is 0 Å². The van der Waals surface area contributed by atoms with Gasteiger partial charge >= 0.3 is 13.1 Å². The maximum absolute atomic E-state index is 12.5. The zero-order valence-corrected chi connectivity index (χ0v) is 16.4. The van der Waals surface area contributed by atoms with Gasteiger partial charge in [0.05, 0.1) is 13.1 Å². The number of hydrogen-bond acceptors (Lipinski definition) is 5. The van der Waals surface area contributed by atoms with Crippen LogP contribution in [0.2, 0.25) is 5.82 Å². The highest BCUT2D eigenvalue weighted by atomic mass is 16.5. The zero-order valence-electron chi connectivity index (χ0n) is 16.4.